The van der Waals surface area contributed by atoms with Gasteiger partial charge in [0.25, 0.3) is 0 Å². The third kappa shape index (κ3) is 4.32. The standard InChI is InChI=1S/C16H22N2OS/c1-3-10-19-14-7-5-13(6-8-14)12-18-15(4-2)16-17-9-11-20-16/h5-9,11,15,18H,3-4,10,12H2,1-2H3. The van der Waals surface area contributed by atoms with Crippen molar-refractivity contribution in [1.82, 2.24) is 10.3 Å². The molecule has 0 aliphatic carbocycles. The van der Waals surface area contributed by atoms with Gasteiger partial charge in [-0.25, -0.2) is 4.98 Å². The summed E-state index contributed by atoms with van der Waals surface area (Å²) in [5, 5.41) is 6.75. The van der Waals surface area contributed by atoms with Gasteiger partial charge >= 0.3 is 0 Å². The van der Waals surface area contributed by atoms with Crippen molar-refractivity contribution in [2.75, 3.05) is 6.61 Å². The van der Waals surface area contributed by atoms with E-state index in [1.807, 2.05) is 23.7 Å². The normalized spacial score (nSPS) is 12.3. The second-order valence-corrected chi connectivity index (χ2v) is 5.63. The van der Waals surface area contributed by atoms with Crippen molar-refractivity contribution in [2.24, 2.45) is 0 Å². The predicted octanol–water partition coefficient (Wildman–Crippen LogP) is 4.17. The summed E-state index contributed by atoms with van der Waals surface area (Å²) in [6.07, 6.45) is 3.95. The van der Waals surface area contributed by atoms with Crippen molar-refractivity contribution in [3.63, 3.8) is 0 Å². The number of aromatic nitrogens is 1. The summed E-state index contributed by atoms with van der Waals surface area (Å²) in [6.45, 7) is 5.92. The molecule has 0 saturated heterocycles. The molecule has 2 aromatic rings. The molecule has 0 radical (unpaired) electrons. The first-order chi connectivity index (χ1) is 9.83. The molecule has 1 atom stereocenters. The lowest BCUT2D eigenvalue weighted by atomic mass is 10.2. The van der Waals surface area contributed by atoms with Crippen molar-refractivity contribution in [3.05, 3.63) is 46.4 Å². The zero-order chi connectivity index (χ0) is 14.2. The van der Waals surface area contributed by atoms with E-state index in [4.69, 9.17) is 4.74 Å². The molecule has 1 unspecified atom stereocenters. The van der Waals surface area contributed by atoms with Gasteiger partial charge in [-0.15, -0.1) is 11.3 Å². The molecule has 0 spiro atoms. The van der Waals surface area contributed by atoms with Crippen LogP contribution < -0.4 is 10.1 Å². The van der Waals surface area contributed by atoms with Gasteiger partial charge in [0.15, 0.2) is 0 Å². The third-order valence-corrected chi connectivity index (χ3v) is 4.00. The van der Waals surface area contributed by atoms with Gasteiger partial charge in [-0.05, 0) is 30.5 Å². The first kappa shape index (κ1) is 15.0. The highest BCUT2D eigenvalue weighted by Gasteiger charge is 2.10. The van der Waals surface area contributed by atoms with Crippen molar-refractivity contribution < 1.29 is 4.74 Å². The Labute approximate surface area is 125 Å². The molecular formula is C16H22N2OS. The maximum atomic E-state index is 5.59. The third-order valence-electron chi connectivity index (χ3n) is 3.11. The molecule has 1 aromatic heterocycles. The molecule has 3 nitrogen and oxygen atoms in total. The van der Waals surface area contributed by atoms with E-state index in [0.717, 1.165) is 36.8 Å². The van der Waals surface area contributed by atoms with Gasteiger partial charge in [0, 0.05) is 18.1 Å². The number of thiazole rings is 1. The van der Waals surface area contributed by atoms with E-state index in [-0.39, 0.29) is 0 Å². The Hall–Kier alpha value is -1.39. The number of nitrogens with one attached hydrogen (secondary N) is 1. The van der Waals surface area contributed by atoms with Crippen LogP contribution in [0.4, 0.5) is 0 Å². The van der Waals surface area contributed by atoms with E-state index in [1.165, 1.54) is 5.56 Å². The maximum absolute atomic E-state index is 5.59. The van der Waals surface area contributed by atoms with Crippen molar-refractivity contribution >= 4 is 11.3 Å². The van der Waals surface area contributed by atoms with Crippen LogP contribution in [0.1, 0.15) is 43.3 Å². The molecule has 0 bridgehead atoms. The first-order valence-electron chi connectivity index (χ1n) is 7.18. The second kappa shape index (κ2) is 8.02. The zero-order valence-electron chi connectivity index (χ0n) is 12.1. The van der Waals surface area contributed by atoms with Gasteiger partial charge in [0.2, 0.25) is 0 Å². The average Bonchev–Trinajstić information content (AvgIpc) is 3.01. The van der Waals surface area contributed by atoms with E-state index in [1.54, 1.807) is 11.3 Å². The monoisotopic (exact) mass is 290 g/mol. The molecule has 0 saturated carbocycles. The highest BCUT2D eigenvalue weighted by atomic mass is 32.1. The topological polar surface area (TPSA) is 34.1 Å². The van der Waals surface area contributed by atoms with Crippen LogP contribution in [0.5, 0.6) is 5.75 Å². The summed E-state index contributed by atoms with van der Waals surface area (Å²) in [5.41, 5.74) is 1.27. The van der Waals surface area contributed by atoms with E-state index >= 15 is 0 Å². The SMILES string of the molecule is CCCOc1ccc(CNC(CC)c2nccs2)cc1. The summed E-state index contributed by atoms with van der Waals surface area (Å²) < 4.78 is 5.59. The molecular weight excluding hydrogens is 268 g/mol. The Balaban J connectivity index is 1.86. The van der Waals surface area contributed by atoms with Gasteiger partial charge < -0.3 is 10.1 Å². The molecule has 1 N–H and O–H groups in total. The number of hydrogen-bond donors (Lipinski definition) is 1. The number of nitrogens with zero attached hydrogens (tertiary/aromatic N) is 1. The first-order valence-corrected chi connectivity index (χ1v) is 8.06. The number of hydrogen-bond acceptors (Lipinski definition) is 4. The lowest BCUT2D eigenvalue weighted by Crippen LogP contribution is -2.20. The molecule has 4 heteroatoms. The fourth-order valence-electron chi connectivity index (χ4n) is 1.98. The molecule has 108 valence electrons. The van der Waals surface area contributed by atoms with E-state index in [9.17, 15) is 0 Å². The van der Waals surface area contributed by atoms with Crippen LogP contribution in [0.3, 0.4) is 0 Å². The minimum atomic E-state index is 0.339. The molecule has 20 heavy (non-hydrogen) atoms. The molecule has 0 fully saturated rings. The number of benzene rings is 1. The molecule has 0 amide bonds. The van der Waals surface area contributed by atoms with Crippen LogP contribution in [-0.4, -0.2) is 11.6 Å². The number of ether oxygens (including phenoxy) is 1. The summed E-state index contributed by atoms with van der Waals surface area (Å²) in [4.78, 5) is 4.38. The predicted molar refractivity (Wildman–Crippen MR) is 84.2 cm³/mol. The highest BCUT2D eigenvalue weighted by molar-refractivity contribution is 7.09. The fourth-order valence-corrected chi connectivity index (χ4v) is 2.77. The van der Waals surface area contributed by atoms with Crippen LogP contribution in [0, 0.1) is 0 Å². The van der Waals surface area contributed by atoms with Crippen LogP contribution in [0.15, 0.2) is 35.8 Å². The minimum Gasteiger partial charge on any atom is -0.494 e. The van der Waals surface area contributed by atoms with Crippen molar-refractivity contribution in [1.29, 1.82) is 0 Å². The Kier molecular flexibility index (Phi) is 6.02. The second-order valence-electron chi connectivity index (χ2n) is 4.70. The lowest BCUT2D eigenvalue weighted by molar-refractivity contribution is 0.317. The Morgan fingerprint density at radius 1 is 1.25 bits per heavy atom. The van der Waals surface area contributed by atoms with Crippen LogP contribution >= 0.6 is 11.3 Å². The summed E-state index contributed by atoms with van der Waals surface area (Å²) in [7, 11) is 0. The Bertz CT molecular complexity index is 482. The molecule has 0 aliphatic rings. The summed E-state index contributed by atoms with van der Waals surface area (Å²) >= 11 is 1.71. The summed E-state index contributed by atoms with van der Waals surface area (Å²) in [6, 6.07) is 8.65. The highest BCUT2D eigenvalue weighted by Crippen LogP contribution is 2.20. The largest absolute Gasteiger partial charge is 0.494 e. The molecule has 0 aliphatic heterocycles. The van der Waals surface area contributed by atoms with E-state index in [2.05, 4.69) is 36.3 Å². The Morgan fingerprint density at radius 3 is 2.65 bits per heavy atom. The maximum Gasteiger partial charge on any atom is 0.119 e. The minimum absolute atomic E-state index is 0.339. The lowest BCUT2D eigenvalue weighted by Gasteiger charge is -2.14. The molecule has 1 aromatic carbocycles. The van der Waals surface area contributed by atoms with Gasteiger partial charge in [-0.2, -0.15) is 0 Å². The Morgan fingerprint density at radius 2 is 2.05 bits per heavy atom. The smallest absolute Gasteiger partial charge is 0.119 e. The van der Waals surface area contributed by atoms with E-state index in [0.29, 0.717) is 6.04 Å². The molecule has 1 heterocycles. The summed E-state index contributed by atoms with van der Waals surface area (Å²) in [5.74, 6) is 0.947. The van der Waals surface area contributed by atoms with Gasteiger partial charge in [-0.1, -0.05) is 26.0 Å². The fraction of sp³-hybridized carbons (Fsp3) is 0.438. The molecule has 2 rings (SSSR count). The van der Waals surface area contributed by atoms with Crippen molar-refractivity contribution in [3.8, 4) is 5.75 Å². The van der Waals surface area contributed by atoms with Gasteiger partial charge in [0.1, 0.15) is 10.8 Å². The van der Waals surface area contributed by atoms with Gasteiger partial charge in [0.05, 0.1) is 12.6 Å². The van der Waals surface area contributed by atoms with Crippen molar-refractivity contribution in [2.45, 2.75) is 39.3 Å². The van der Waals surface area contributed by atoms with Crippen LogP contribution in [-0.2, 0) is 6.54 Å². The number of rotatable bonds is 8. The van der Waals surface area contributed by atoms with E-state index < -0.39 is 0 Å². The van der Waals surface area contributed by atoms with Crippen LogP contribution in [0.25, 0.3) is 0 Å². The quantitative estimate of drug-likeness (QED) is 0.792. The van der Waals surface area contributed by atoms with Crippen LogP contribution in [0.2, 0.25) is 0 Å². The van der Waals surface area contributed by atoms with Gasteiger partial charge in [-0.3, -0.25) is 0 Å². The average molecular weight is 290 g/mol. The zero-order valence-corrected chi connectivity index (χ0v) is 13.0.